The largest absolute Gasteiger partial charge is 0.392 e. The lowest BCUT2D eigenvalue weighted by atomic mass is 9.38. The molecule has 192 valence electrons. The van der Waals surface area contributed by atoms with Gasteiger partial charge in [0.05, 0.1) is 18.3 Å². The summed E-state index contributed by atoms with van der Waals surface area (Å²) in [6, 6.07) is 0. The predicted octanol–water partition coefficient (Wildman–Crippen LogP) is 5.72. The molecule has 3 saturated carbocycles. The predicted molar refractivity (Wildman–Crippen MR) is 136 cm³/mol. The summed E-state index contributed by atoms with van der Waals surface area (Å²) in [4.78, 5) is 13.2. The van der Waals surface area contributed by atoms with Crippen LogP contribution in [0.2, 0.25) is 0 Å². The highest BCUT2D eigenvalue weighted by atomic mass is 16.5. The number of fused-ring (bicyclic) bond motifs is 5. The molecule has 10 unspecified atom stereocenters. The highest BCUT2D eigenvalue weighted by Crippen LogP contribution is 2.74. The number of aliphatic hydroxyl groups is 2. The average Bonchev–Trinajstić information content (AvgIpc) is 3.05. The topological polar surface area (TPSA) is 66.8 Å². The number of aliphatic hydroxyl groups excluding tert-OH is 2. The minimum Gasteiger partial charge on any atom is -0.392 e. The van der Waals surface area contributed by atoms with Crippen molar-refractivity contribution in [1.29, 1.82) is 0 Å². The summed E-state index contributed by atoms with van der Waals surface area (Å²) >= 11 is 0. The molecular formula is C30H48O4. The summed E-state index contributed by atoms with van der Waals surface area (Å²) in [6.45, 7) is 15.4. The Kier molecular flexibility index (Phi) is 6.57. The molecule has 0 amide bonds. The van der Waals surface area contributed by atoms with E-state index in [0.717, 1.165) is 44.1 Å². The summed E-state index contributed by atoms with van der Waals surface area (Å²) < 4.78 is 6.20. The Balaban J connectivity index is 1.81. The number of hydrogen-bond acceptors (Lipinski definition) is 4. The molecule has 0 aromatic rings. The van der Waals surface area contributed by atoms with Crippen molar-refractivity contribution < 1.29 is 19.7 Å². The van der Waals surface area contributed by atoms with Crippen LogP contribution in [-0.2, 0) is 9.53 Å². The lowest BCUT2D eigenvalue weighted by Crippen LogP contribution is -2.64. The van der Waals surface area contributed by atoms with Crippen molar-refractivity contribution in [2.75, 3.05) is 7.11 Å². The van der Waals surface area contributed by atoms with Crippen LogP contribution >= 0.6 is 0 Å². The number of rotatable bonds is 5. The molecule has 0 aromatic carbocycles. The normalized spacial score (nSPS) is 46.9. The third-order valence-electron chi connectivity index (χ3n) is 11.6. The highest BCUT2D eigenvalue weighted by molar-refractivity contribution is 5.65. The second kappa shape index (κ2) is 8.56. The Morgan fingerprint density at radius 1 is 1.09 bits per heavy atom. The Morgan fingerprint density at radius 3 is 2.35 bits per heavy atom. The first-order valence-electron chi connectivity index (χ1n) is 13.5. The Morgan fingerprint density at radius 2 is 1.76 bits per heavy atom. The van der Waals surface area contributed by atoms with Gasteiger partial charge in [-0.15, -0.1) is 0 Å². The second-order valence-corrected chi connectivity index (χ2v) is 13.5. The number of hydrogen-bond donors (Lipinski definition) is 2. The standard InChI is InChI=1S/C30H48O4/c1-18(2)15-23(32)19(3)20-11-12-29(7)26-24(34-8)16-22-21(9-10-25(33)27(22,4)5)30(26,17-31)14-13-28(20,29)6/h15-17,19-21,23-26,32-33H,9-14H2,1-8H3. The maximum Gasteiger partial charge on any atom is 0.127 e. The van der Waals surface area contributed by atoms with Crippen LogP contribution in [0.25, 0.3) is 0 Å². The quantitative estimate of drug-likeness (QED) is 0.397. The molecule has 4 nitrogen and oxygen atoms in total. The number of allylic oxidation sites excluding steroid dienone is 1. The molecule has 0 radical (unpaired) electrons. The van der Waals surface area contributed by atoms with E-state index < -0.39 is 11.5 Å². The molecule has 4 aliphatic carbocycles. The Hall–Kier alpha value is -0.970. The van der Waals surface area contributed by atoms with Crippen LogP contribution in [0.1, 0.15) is 87.0 Å². The van der Waals surface area contributed by atoms with Crippen molar-refractivity contribution in [2.24, 2.45) is 45.3 Å². The van der Waals surface area contributed by atoms with E-state index in [9.17, 15) is 15.0 Å². The van der Waals surface area contributed by atoms with Crippen LogP contribution in [0.3, 0.4) is 0 Å². The number of aldehydes is 1. The van der Waals surface area contributed by atoms with E-state index in [0.29, 0.717) is 5.92 Å². The Bertz CT molecular complexity index is 869. The van der Waals surface area contributed by atoms with Gasteiger partial charge in [-0.2, -0.15) is 0 Å². The SMILES string of the molecule is COC1C=C2C(CCC(O)C2(C)C)C2(C=O)CCC3(C)C(C(C)C(O)C=C(C)C)CCC3(C)C12. The van der Waals surface area contributed by atoms with E-state index in [4.69, 9.17) is 4.74 Å². The fraction of sp³-hybridized carbons (Fsp3) is 0.833. The molecular weight excluding hydrogens is 424 g/mol. The second-order valence-electron chi connectivity index (χ2n) is 13.5. The van der Waals surface area contributed by atoms with Crippen molar-refractivity contribution in [3.8, 4) is 0 Å². The zero-order valence-electron chi connectivity index (χ0n) is 22.7. The molecule has 0 saturated heterocycles. The van der Waals surface area contributed by atoms with Gasteiger partial charge in [-0.3, -0.25) is 0 Å². The van der Waals surface area contributed by atoms with Gasteiger partial charge < -0.3 is 19.7 Å². The molecule has 0 bridgehead atoms. The van der Waals surface area contributed by atoms with Gasteiger partial charge in [0.2, 0.25) is 0 Å². The zero-order valence-corrected chi connectivity index (χ0v) is 22.7. The minimum absolute atomic E-state index is 0.0336. The Labute approximate surface area is 207 Å². The van der Waals surface area contributed by atoms with Crippen LogP contribution in [-0.4, -0.2) is 41.9 Å². The molecule has 4 heteroatoms. The van der Waals surface area contributed by atoms with Crippen molar-refractivity contribution in [3.05, 3.63) is 23.3 Å². The molecule has 3 fully saturated rings. The molecule has 34 heavy (non-hydrogen) atoms. The average molecular weight is 473 g/mol. The van der Waals surface area contributed by atoms with Crippen LogP contribution in [0, 0.1) is 45.3 Å². The first kappa shape index (κ1) is 26.1. The molecule has 10 atom stereocenters. The maximum atomic E-state index is 13.2. The third kappa shape index (κ3) is 3.38. The van der Waals surface area contributed by atoms with Crippen LogP contribution in [0.5, 0.6) is 0 Å². The number of methoxy groups -OCH3 is 1. The molecule has 4 rings (SSSR count). The lowest BCUT2D eigenvalue weighted by Gasteiger charge is -2.66. The number of carbonyl (C=O) groups is 1. The van der Waals surface area contributed by atoms with Gasteiger partial charge in [0, 0.05) is 23.9 Å². The van der Waals surface area contributed by atoms with Gasteiger partial charge in [0.15, 0.2) is 0 Å². The van der Waals surface area contributed by atoms with Crippen molar-refractivity contribution in [1.82, 2.24) is 0 Å². The number of carbonyl (C=O) groups excluding carboxylic acids is 1. The monoisotopic (exact) mass is 472 g/mol. The molecule has 0 heterocycles. The van der Waals surface area contributed by atoms with Gasteiger partial charge in [-0.05, 0) is 81.0 Å². The highest BCUT2D eigenvalue weighted by Gasteiger charge is 2.71. The molecule has 0 spiro atoms. The van der Waals surface area contributed by atoms with Crippen LogP contribution < -0.4 is 0 Å². The van der Waals surface area contributed by atoms with E-state index >= 15 is 0 Å². The van der Waals surface area contributed by atoms with E-state index in [-0.39, 0.29) is 46.2 Å². The van der Waals surface area contributed by atoms with Crippen molar-refractivity contribution >= 4 is 6.29 Å². The molecule has 0 aliphatic heterocycles. The fourth-order valence-electron chi connectivity index (χ4n) is 9.39. The first-order valence-corrected chi connectivity index (χ1v) is 13.5. The van der Waals surface area contributed by atoms with E-state index in [2.05, 4.69) is 40.7 Å². The van der Waals surface area contributed by atoms with Gasteiger partial charge in [-0.25, -0.2) is 0 Å². The van der Waals surface area contributed by atoms with Gasteiger partial charge in [0.25, 0.3) is 0 Å². The number of ether oxygens (including phenoxy) is 1. The van der Waals surface area contributed by atoms with Crippen molar-refractivity contribution in [2.45, 2.75) is 105 Å². The fourth-order valence-corrected chi connectivity index (χ4v) is 9.39. The van der Waals surface area contributed by atoms with Crippen LogP contribution in [0.15, 0.2) is 23.3 Å². The molecule has 0 aromatic heterocycles. The minimum atomic E-state index is -0.451. The molecule has 2 N–H and O–H groups in total. The summed E-state index contributed by atoms with van der Waals surface area (Å²) in [7, 11) is 1.78. The summed E-state index contributed by atoms with van der Waals surface area (Å²) in [5.41, 5.74) is 1.57. The lowest BCUT2D eigenvalue weighted by molar-refractivity contribution is -0.187. The first-order chi connectivity index (χ1) is 15.8. The third-order valence-corrected chi connectivity index (χ3v) is 11.6. The summed E-state index contributed by atoms with van der Waals surface area (Å²) in [6.07, 6.45) is 10.3. The van der Waals surface area contributed by atoms with Crippen LogP contribution in [0.4, 0.5) is 0 Å². The molecule has 4 aliphatic rings. The van der Waals surface area contributed by atoms with Crippen molar-refractivity contribution in [3.63, 3.8) is 0 Å². The smallest absolute Gasteiger partial charge is 0.127 e. The summed E-state index contributed by atoms with van der Waals surface area (Å²) in [5.74, 6) is 0.859. The zero-order chi connectivity index (χ0) is 25.3. The van der Waals surface area contributed by atoms with Gasteiger partial charge >= 0.3 is 0 Å². The maximum absolute atomic E-state index is 13.2. The van der Waals surface area contributed by atoms with E-state index in [1.807, 2.05) is 19.9 Å². The summed E-state index contributed by atoms with van der Waals surface area (Å²) in [5, 5.41) is 21.9. The van der Waals surface area contributed by atoms with E-state index in [1.165, 1.54) is 11.9 Å². The van der Waals surface area contributed by atoms with E-state index in [1.54, 1.807) is 7.11 Å². The van der Waals surface area contributed by atoms with Gasteiger partial charge in [0.1, 0.15) is 6.29 Å². The van der Waals surface area contributed by atoms with Gasteiger partial charge in [-0.1, -0.05) is 57.9 Å².